The van der Waals surface area contributed by atoms with Crippen molar-refractivity contribution in [1.29, 1.82) is 5.26 Å². The van der Waals surface area contributed by atoms with Crippen LogP contribution in [0.1, 0.15) is 50.1 Å². The highest BCUT2D eigenvalue weighted by Crippen LogP contribution is 2.43. The van der Waals surface area contributed by atoms with E-state index in [1.807, 2.05) is 30.5 Å². The van der Waals surface area contributed by atoms with Gasteiger partial charge in [0.1, 0.15) is 5.54 Å². The van der Waals surface area contributed by atoms with E-state index in [1.54, 1.807) is 23.1 Å². The number of nitriles is 1. The standard InChI is InChI=1S/C29H31ClN6O3S/c30-21-15-23(17-32-16-21)36-18-26(20-5-7-22(8-6-20)35-11-13-40(38,39)14-12-35)27(34-36)24-3-1-2-4-25(24)28(37)33-29(19-31)9-10-29/h5-8,15-18,24-25H,1-4,9-14H2,(H,33,37)/t24-,25-/m1/s1. The number of anilines is 1. The summed E-state index contributed by atoms with van der Waals surface area (Å²) < 4.78 is 25.5. The number of nitrogens with zero attached hydrogens (tertiary/aromatic N) is 5. The molecule has 3 aliphatic rings. The number of hydrogen-bond donors (Lipinski definition) is 1. The molecule has 0 spiro atoms. The monoisotopic (exact) mass is 578 g/mol. The zero-order valence-electron chi connectivity index (χ0n) is 22.1. The van der Waals surface area contributed by atoms with Gasteiger partial charge >= 0.3 is 0 Å². The summed E-state index contributed by atoms with van der Waals surface area (Å²) in [6.45, 7) is 0.964. The van der Waals surface area contributed by atoms with Gasteiger partial charge in [-0.25, -0.2) is 13.1 Å². The Morgan fingerprint density at radius 3 is 2.48 bits per heavy atom. The summed E-state index contributed by atoms with van der Waals surface area (Å²) in [4.78, 5) is 19.8. The zero-order chi connectivity index (χ0) is 27.9. The van der Waals surface area contributed by atoms with Crippen molar-refractivity contribution in [3.8, 4) is 22.9 Å². The first-order chi connectivity index (χ1) is 19.3. The maximum Gasteiger partial charge on any atom is 0.225 e. The van der Waals surface area contributed by atoms with Gasteiger partial charge in [0, 0.05) is 48.6 Å². The van der Waals surface area contributed by atoms with Gasteiger partial charge in [-0.15, -0.1) is 0 Å². The molecule has 3 aromatic rings. The topological polar surface area (TPSA) is 121 Å². The first-order valence-electron chi connectivity index (χ1n) is 13.8. The van der Waals surface area contributed by atoms with Crippen molar-refractivity contribution in [3.05, 3.63) is 59.6 Å². The Kier molecular flexibility index (Phi) is 7.05. The molecule has 0 unspecified atom stereocenters. The predicted octanol–water partition coefficient (Wildman–Crippen LogP) is 4.27. The molecule has 2 saturated carbocycles. The SMILES string of the molecule is N#CC1(NC(=O)[C@@H]2CCCC[C@H]2c2nn(-c3cncc(Cl)c3)cc2-c2ccc(N3CCS(=O)(=O)CC3)cc2)CC1. The number of halogens is 1. The summed E-state index contributed by atoms with van der Waals surface area (Å²) in [6, 6.07) is 12.2. The first kappa shape index (κ1) is 26.8. The van der Waals surface area contributed by atoms with E-state index in [0.29, 0.717) is 31.0 Å². The summed E-state index contributed by atoms with van der Waals surface area (Å²) in [7, 11) is -2.96. The second kappa shape index (κ2) is 10.5. The molecule has 0 radical (unpaired) electrons. The van der Waals surface area contributed by atoms with Gasteiger partial charge in [-0.1, -0.05) is 36.6 Å². The fraction of sp³-hybridized carbons (Fsp3) is 0.448. The fourth-order valence-corrected chi connectivity index (χ4v) is 7.22. The van der Waals surface area contributed by atoms with Crippen LogP contribution in [-0.4, -0.2) is 59.2 Å². The Morgan fingerprint density at radius 2 is 1.80 bits per heavy atom. The molecule has 3 heterocycles. The van der Waals surface area contributed by atoms with Crippen LogP contribution in [-0.2, 0) is 14.6 Å². The smallest absolute Gasteiger partial charge is 0.225 e. The van der Waals surface area contributed by atoms with Crippen LogP contribution in [0, 0.1) is 17.2 Å². The molecule has 1 aromatic carbocycles. The lowest BCUT2D eigenvalue weighted by molar-refractivity contribution is -0.127. The molecule has 2 aliphatic carbocycles. The maximum absolute atomic E-state index is 13.5. The molecule has 1 saturated heterocycles. The molecule has 40 heavy (non-hydrogen) atoms. The van der Waals surface area contributed by atoms with Crippen molar-refractivity contribution in [2.75, 3.05) is 29.5 Å². The molecule has 0 bridgehead atoms. The van der Waals surface area contributed by atoms with E-state index < -0.39 is 15.4 Å². The molecular formula is C29H31ClN6O3S. The van der Waals surface area contributed by atoms with Crippen molar-refractivity contribution >= 4 is 33.0 Å². The van der Waals surface area contributed by atoms with Crippen molar-refractivity contribution < 1.29 is 13.2 Å². The molecular weight excluding hydrogens is 548 g/mol. The molecule has 1 amide bonds. The van der Waals surface area contributed by atoms with Crippen molar-refractivity contribution in [3.63, 3.8) is 0 Å². The number of hydrogen-bond acceptors (Lipinski definition) is 7. The Hall–Kier alpha value is -3.42. The third kappa shape index (κ3) is 5.45. The third-order valence-corrected chi connectivity index (χ3v) is 10.2. The van der Waals surface area contributed by atoms with Crippen LogP contribution < -0.4 is 10.2 Å². The van der Waals surface area contributed by atoms with E-state index in [2.05, 4.69) is 21.3 Å². The van der Waals surface area contributed by atoms with Gasteiger partial charge < -0.3 is 10.2 Å². The van der Waals surface area contributed by atoms with Gasteiger partial charge in [0.25, 0.3) is 0 Å². The van der Waals surface area contributed by atoms with Gasteiger partial charge in [0.15, 0.2) is 9.84 Å². The Bertz CT molecular complexity index is 1560. The van der Waals surface area contributed by atoms with Gasteiger partial charge in [-0.3, -0.25) is 9.78 Å². The van der Waals surface area contributed by atoms with Crippen molar-refractivity contribution in [1.82, 2.24) is 20.1 Å². The van der Waals surface area contributed by atoms with Gasteiger partial charge in [0.05, 0.1) is 40.2 Å². The van der Waals surface area contributed by atoms with E-state index in [0.717, 1.165) is 53.9 Å². The number of sulfone groups is 1. The average molecular weight is 579 g/mol. The molecule has 2 aromatic heterocycles. The second-order valence-electron chi connectivity index (χ2n) is 11.1. The zero-order valence-corrected chi connectivity index (χ0v) is 23.7. The number of carbonyl (C=O) groups is 1. The lowest BCUT2D eigenvalue weighted by Gasteiger charge is -2.31. The summed E-state index contributed by atoms with van der Waals surface area (Å²) >= 11 is 6.24. The fourth-order valence-electron chi connectivity index (χ4n) is 5.85. The average Bonchev–Trinajstić information content (AvgIpc) is 3.59. The highest BCUT2D eigenvalue weighted by atomic mass is 35.5. The number of amides is 1. The van der Waals surface area contributed by atoms with Crippen LogP contribution in [0.25, 0.3) is 16.8 Å². The van der Waals surface area contributed by atoms with Crippen LogP contribution in [0.2, 0.25) is 5.02 Å². The van der Waals surface area contributed by atoms with Crippen LogP contribution in [0.5, 0.6) is 0 Å². The van der Waals surface area contributed by atoms with Crippen LogP contribution in [0.15, 0.2) is 48.9 Å². The molecule has 2 atom stereocenters. The highest BCUT2D eigenvalue weighted by molar-refractivity contribution is 7.91. The van der Waals surface area contributed by atoms with Crippen LogP contribution in [0.4, 0.5) is 5.69 Å². The molecule has 3 fully saturated rings. The summed E-state index contributed by atoms with van der Waals surface area (Å²) in [5.74, 6) is -0.105. The molecule has 208 valence electrons. The third-order valence-electron chi connectivity index (χ3n) is 8.37. The molecule has 1 N–H and O–H groups in total. The highest BCUT2D eigenvalue weighted by Gasteiger charge is 2.47. The number of benzene rings is 1. The van der Waals surface area contributed by atoms with E-state index in [4.69, 9.17) is 16.7 Å². The lowest BCUT2D eigenvalue weighted by Crippen LogP contribution is -2.42. The van der Waals surface area contributed by atoms with Crippen molar-refractivity contribution in [2.24, 2.45) is 5.92 Å². The summed E-state index contributed by atoms with van der Waals surface area (Å²) in [6.07, 6.45) is 10.2. The van der Waals surface area contributed by atoms with Gasteiger partial charge in [-0.2, -0.15) is 10.4 Å². The van der Waals surface area contributed by atoms with Crippen LogP contribution >= 0.6 is 11.6 Å². The largest absolute Gasteiger partial charge is 0.369 e. The minimum Gasteiger partial charge on any atom is -0.369 e. The minimum absolute atomic E-state index is 0.0657. The Morgan fingerprint density at radius 1 is 1.07 bits per heavy atom. The molecule has 9 nitrogen and oxygen atoms in total. The lowest BCUT2D eigenvalue weighted by atomic mass is 9.75. The molecule has 11 heteroatoms. The van der Waals surface area contributed by atoms with E-state index in [-0.39, 0.29) is 29.2 Å². The number of nitrogens with one attached hydrogen (secondary N) is 1. The Balaban J connectivity index is 1.35. The van der Waals surface area contributed by atoms with Gasteiger partial charge in [0.2, 0.25) is 5.91 Å². The molecule has 1 aliphatic heterocycles. The van der Waals surface area contributed by atoms with E-state index in [1.165, 1.54) is 0 Å². The number of pyridine rings is 1. The van der Waals surface area contributed by atoms with E-state index in [9.17, 15) is 18.5 Å². The van der Waals surface area contributed by atoms with Crippen molar-refractivity contribution in [2.45, 2.75) is 50.0 Å². The van der Waals surface area contributed by atoms with Gasteiger partial charge in [-0.05, 0) is 49.4 Å². The quantitative estimate of drug-likeness (QED) is 0.463. The van der Waals surface area contributed by atoms with Crippen LogP contribution in [0.3, 0.4) is 0 Å². The minimum atomic E-state index is -2.96. The Labute approximate surface area is 239 Å². The summed E-state index contributed by atoms with van der Waals surface area (Å²) in [5.41, 5.74) is 3.73. The maximum atomic E-state index is 13.5. The first-order valence-corrected chi connectivity index (χ1v) is 16.0. The number of carbonyl (C=O) groups excluding carboxylic acids is 1. The number of aromatic nitrogens is 3. The predicted molar refractivity (Wildman–Crippen MR) is 153 cm³/mol. The van der Waals surface area contributed by atoms with E-state index >= 15 is 0 Å². The second-order valence-corrected chi connectivity index (χ2v) is 13.8. The molecule has 6 rings (SSSR count). The summed E-state index contributed by atoms with van der Waals surface area (Å²) in [5, 5.41) is 18.1. The number of rotatable bonds is 6. The normalized spacial score (nSPS) is 23.2.